The molecule has 0 saturated carbocycles. The van der Waals surface area contributed by atoms with Gasteiger partial charge in [0.2, 0.25) is 5.91 Å². The molecular weight excluding hydrogens is 494 g/mol. The number of hydrogen-bond acceptors (Lipinski definition) is 6. The molecule has 2 aliphatic rings. The molecule has 0 bridgehead atoms. The average molecular weight is 524 g/mol. The predicted octanol–water partition coefficient (Wildman–Crippen LogP) is 6.52. The van der Waals surface area contributed by atoms with E-state index in [1.807, 2.05) is 87.4 Å². The van der Waals surface area contributed by atoms with Gasteiger partial charge in [0, 0.05) is 10.7 Å². The second-order valence-electron chi connectivity index (χ2n) is 9.82. The van der Waals surface area contributed by atoms with Crippen molar-refractivity contribution in [3.8, 4) is 0 Å². The van der Waals surface area contributed by atoms with Gasteiger partial charge in [0.25, 0.3) is 0 Å². The number of nitrogens with zero attached hydrogens (tertiary/aromatic N) is 2. The molecule has 4 rings (SSSR count). The third kappa shape index (κ3) is 5.85. The van der Waals surface area contributed by atoms with Crippen molar-refractivity contribution < 1.29 is 14.3 Å². The van der Waals surface area contributed by atoms with E-state index in [0.717, 1.165) is 22.0 Å². The lowest BCUT2D eigenvalue weighted by molar-refractivity contribution is -0.150. The maximum absolute atomic E-state index is 13.4. The first kappa shape index (κ1) is 26.0. The first-order valence-electron chi connectivity index (χ1n) is 11.8. The number of carbonyl (C=O) groups is 2. The van der Waals surface area contributed by atoms with Gasteiger partial charge in [0.15, 0.2) is 5.17 Å². The van der Waals surface area contributed by atoms with E-state index >= 15 is 0 Å². The number of halogens is 1. The highest BCUT2D eigenvalue weighted by Crippen LogP contribution is 2.45. The minimum absolute atomic E-state index is 0.112. The Morgan fingerprint density at radius 3 is 2.44 bits per heavy atom. The Labute approximate surface area is 221 Å². The number of aliphatic imine (C=N–C) groups is 1. The minimum atomic E-state index is -0.662. The van der Waals surface area contributed by atoms with E-state index in [-0.39, 0.29) is 18.4 Å². The maximum atomic E-state index is 13.4. The lowest BCUT2D eigenvalue weighted by Crippen LogP contribution is -2.39. The summed E-state index contributed by atoms with van der Waals surface area (Å²) in [5.41, 5.74) is 3.04. The molecule has 2 heterocycles. The Balaban J connectivity index is 1.64. The van der Waals surface area contributed by atoms with Gasteiger partial charge in [-0.15, -0.1) is 0 Å². The number of allylic oxidation sites excluding steroid dienone is 1. The zero-order valence-corrected chi connectivity index (χ0v) is 22.6. The molecule has 188 valence electrons. The van der Waals surface area contributed by atoms with E-state index in [1.165, 1.54) is 11.8 Å². The van der Waals surface area contributed by atoms with Crippen LogP contribution in [-0.4, -0.2) is 27.5 Å². The van der Waals surface area contributed by atoms with Crippen molar-refractivity contribution in [1.29, 1.82) is 0 Å². The third-order valence-electron chi connectivity index (χ3n) is 5.82. The second-order valence-corrected chi connectivity index (χ2v) is 11.1. The molecule has 1 N–H and O–H groups in total. The highest BCUT2D eigenvalue weighted by atomic mass is 35.5. The standard InChI is InChI=1S/C28H30ClN3O3S/c1-17(19-9-7-6-8-10-19)30-23(33)15-22-16-36-27-31-18(2)24(26(34)35-28(3,4)5)25(32(22)27)20-11-13-21(29)14-12-20/h6-14,16-17,25H,15H2,1-5H3,(H,30,33)/t17-,25+/m1/s1. The zero-order valence-electron chi connectivity index (χ0n) is 21.0. The number of thioether (sulfide) groups is 1. The smallest absolute Gasteiger partial charge is 0.338 e. The van der Waals surface area contributed by atoms with Gasteiger partial charge in [0.05, 0.1) is 29.8 Å². The van der Waals surface area contributed by atoms with Crippen LogP contribution in [0, 0.1) is 0 Å². The van der Waals surface area contributed by atoms with Gasteiger partial charge in [-0.05, 0) is 63.3 Å². The predicted molar refractivity (Wildman–Crippen MR) is 145 cm³/mol. The van der Waals surface area contributed by atoms with Gasteiger partial charge in [0.1, 0.15) is 5.60 Å². The molecule has 2 atom stereocenters. The Morgan fingerprint density at radius 2 is 1.81 bits per heavy atom. The molecule has 8 heteroatoms. The molecule has 6 nitrogen and oxygen atoms in total. The van der Waals surface area contributed by atoms with Crippen molar-refractivity contribution in [3.05, 3.63) is 93.1 Å². The largest absolute Gasteiger partial charge is 0.456 e. The van der Waals surface area contributed by atoms with Gasteiger partial charge < -0.3 is 15.0 Å². The lowest BCUT2D eigenvalue weighted by Gasteiger charge is -2.37. The molecule has 0 spiro atoms. The molecule has 2 aromatic carbocycles. The first-order chi connectivity index (χ1) is 17.0. The number of amides is 1. The summed E-state index contributed by atoms with van der Waals surface area (Å²) < 4.78 is 5.77. The third-order valence-corrected chi connectivity index (χ3v) is 6.96. The van der Waals surface area contributed by atoms with Crippen LogP contribution in [0.3, 0.4) is 0 Å². The van der Waals surface area contributed by atoms with Crippen molar-refractivity contribution in [2.24, 2.45) is 4.99 Å². The Hall–Kier alpha value is -3.03. The highest BCUT2D eigenvalue weighted by Gasteiger charge is 2.41. The highest BCUT2D eigenvalue weighted by molar-refractivity contribution is 8.16. The van der Waals surface area contributed by atoms with Gasteiger partial charge in [-0.25, -0.2) is 9.79 Å². The van der Waals surface area contributed by atoms with Crippen LogP contribution in [0.5, 0.6) is 0 Å². The fourth-order valence-corrected chi connectivity index (χ4v) is 5.30. The lowest BCUT2D eigenvalue weighted by atomic mass is 9.93. The summed E-state index contributed by atoms with van der Waals surface area (Å²) in [6.45, 7) is 9.29. The monoisotopic (exact) mass is 523 g/mol. The normalized spacial score (nSPS) is 18.3. The molecule has 0 aliphatic carbocycles. The molecule has 2 aromatic rings. The van der Waals surface area contributed by atoms with Crippen molar-refractivity contribution in [2.75, 3.05) is 0 Å². The Bertz CT molecular complexity index is 1250. The Kier molecular flexibility index (Phi) is 7.62. The maximum Gasteiger partial charge on any atom is 0.338 e. The summed E-state index contributed by atoms with van der Waals surface area (Å²) in [6, 6.07) is 16.6. The SMILES string of the molecule is CC1=C(C(=O)OC(C)(C)C)[C@H](c2ccc(Cl)cc2)N2C(CC(=O)N[C@H](C)c3ccccc3)=CSC2=N1. The summed E-state index contributed by atoms with van der Waals surface area (Å²) in [4.78, 5) is 33.1. The van der Waals surface area contributed by atoms with E-state index in [9.17, 15) is 9.59 Å². The molecule has 1 amide bonds. The van der Waals surface area contributed by atoms with Crippen molar-refractivity contribution >= 4 is 40.4 Å². The van der Waals surface area contributed by atoms with Gasteiger partial charge in [-0.3, -0.25) is 4.79 Å². The van der Waals surface area contributed by atoms with Crippen LogP contribution in [0.4, 0.5) is 0 Å². The summed E-state index contributed by atoms with van der Waals surface area (Å²) >= 11 is 7.61. The number of nitrogens with one attached hydrogen (secondary N) is 1. The van der Waals surface area contributed by atoms with E-state index in [1.54, 1.807) is 12.1 Å². The van der Waals surface area contributed by atoms with Crippen molar-refractivity contribution in [3.63, 3.8) is 0 Å². The minimum Gasteiger partial charge on any atom is -0.456 e. The Morgan fingerprint density at radius 1 is 1.14 bits per heavy atom. The molecule has 0 radical (unpaired) electrons. The molecule has 0 fully saturated rings. The molecular formula is C28H30ClN3O3S. The molecule has 2 aliphatic heterocycles. The number of fused-ring (bicyclic) bond motifs is 1. The van der Waals surface area contributed by atoms with Crippen molar-refractivity contribution in [2.45, 2.75) is 58.7 Å². The van der Waals surface area contributed by atoms with Crippen LogP contribution >= 0.6 is 23.4 Å². The topological polar surface area (TPSA) is 71.0 Å². The fraction of sp³-hybridized carbons (Fsp3) is 0.321. The summed E-state index contributed by atoms with van der Waals surface area (Å²) in [5, 5.41) is 6.33. The van der Waals surface area contributed by atoms with E-state index in [4.69, 9.17) is 21.3 Å². The van der Waals surface area contributed by atoms with Gasteiger partial charge in [-0.2, -0.15) is 0 Å². The van der Waals surface area contributed by atoms with E-state index in [2.05, 4.69) is 5.32 Å². The number of benzene rings is 2. The summed E-state index contributed by atoms with van der Waals surface area (Å²) in [6.07, 6.45) is 0.147. The van der Waals surface area contributed by atoms with Gasteiger partial charge >= 0.3 is 5.97 Å². The van der Waals surface area contributed by atoms with Crippen LogP contribution < -0.4 is 5.32 Å². The fourth-order valence-electron chi connectivity index (χ4n) is 4.21. The number of hydrogen-bond donors (Lipinski definition) is 1. The number of carbonyl (C=O) groups excluding carboxylic acids is 2. The van der Waals surface area contributed by atoms with Crippen molar-refractivity contribution in [1.82, 2.24) is 10.2 Å². The average Bonchev–Trinajstić information content (AvgIpc) is 3.19. The quantitative estimate of drug-likeness (QED) is 0.436. The van der Waals surface area contributed by atoms with Crippen LogP contribution in [0.25, 0.3) is 0 Å². The van der Waals surface area contributed by atoms with E-state index in [0.29, 0.717) is 16.3 Å². The number of ether oxygens (including phenoxy) is 1. The zero-order chi connectivity index (χ0) is 26.0. The molecule has 0 aromatic heterocycles. The molecule has 0 saturated heterocycles. The van der Waals surface area contributed by atoms with Crippen LogP contribution in [0.1, 0.15) is 64.3 Å². The number of rotatable bonds is 6. The molecule has 36 heavy (non-hydrogen) atoms. The van der Waals surface area contributed by atoms with Crippen LogP contribution in [0.15, 0.2) is 82.0 Å². The van der Waals surface area contributed by atoms with Crippen LogP contribution in [0.2, 0.25) is 5.02 Å². The second kappa shape index (κ2) is 10.5. The first-order valence-corrected chi connectivity index (χ1v) is 13.1. The summed E-state index contributed by atoms with van der Waals surface area (Å²) in [5.74, 6) is -0.541. The van der Waals surface area contributed by atoms with Crippen LogP contribution in [-0.2, 0) is 14.3 Å². The van der Waals surface area contributed by atoms with E-state index < -0.39 is 17.6 Å². The molecule has 0 unspecified atom stereocenters. The number of esters is 1. The summed E-state index contributed by atoms with van der Waals surface area (Å²) in [7, 11) is 0. The number of amidine groups is 1. The van der Waals surface area contributed by atoms with Gasteiger partial charge in [-0.1, -0.05) is 65.8 Å².